The van der Waals surface area contributed by atoms with Gasteiger partial charge < -0.3 is 13.4 Å². The summed E-state index contributed by atoms with van der Waals surface area (Å²) < 4.78 is 15.9. The first kappa shape index (κ1) is 32.0. The van der Waals surface area contributed by atoms with Crippen molar-refractivity contribution in [2.24, 2.45) is 0 Å². The van der Waals surface area contributed by atoms with E-state index in [0.29, 0.717) is 17.5 Å². The van der Waals surface area contributed by atoms with Crippen molar-refractivity contribution in [3.05, 3.63) is 182 Å². The van der Waals surface area contributed by atoms with E-state index >= 15 is 0 Å². The second-order valence-electron chi connectivity index (χ2n) is 15.1. The first-order valence-corrected chi connectivity index (χ1v) is 19.8. The van der Waals surface area contributed by atoms with Gasteiger partial charge in [-0.3, -0.25) is 0 Å². The van der Waals surface area contributed by atoms with Crippen molar-refractivity contribution in [3.63, 3.8) is 0 Å². The van der Waals surface area contributed by atoms with Gasteiger partial charge in [-0.15, -0.1) is 0 Å². The lowest BCUT2D eigenvalue weighted by Crippen LogP contribution is -2.02. The van der Waals surface area contributed by atoms with Gasteiger partial charge in [-0.05, 0) is 53.2 Å². The summed E-state index contributed by atoms with van der Waals surface area (Å²) in [4.78, 5) is 15.4. The second-order valence-corrected chi connectivity index (χ2v) is 15.1. The zero-order valence-corrected chi connectivity index (χ0v) is 31.4. The van der Waals surface area contributed by atoms with Crippen LogP contribution in [0.1, 0.15) is 0 Å². The molecule has 0 amide bonds. The highest BCUT2D eigenvalue weighted by Gasteiger charge is 2.26. The van der Waals surface area contributed by atoms with Crippen molar-refractivity contribution in [3.8, 4) is 39.9 Å². The Hall–Kier alpha value is -8.09. The van der Waals surface area contributed by atoms with Crippen LogP contribution in [-0.4, -0.2) is 19.5 Å². The minimum Gasteiger partial charge on any atom is -0.456 e. The third kappa shape index (κ3) is 4.65. The lowest BCUT2D eigenvalue weighted by Gasteiger charge is -2.15. The van der Waals surface area contributed by atoms with Gasteiger partial charge in [-0.25, -0.2) is 15.0 Å². The molecule has 13 aromatic rings. The maximum absolute atomic E-state index is 6.97. The topological polar surface area (TPSA) is 69.9 Å². The summed E-state index contributed by atoms with van der Waals surface area (Å²) in [6, 6.07) is 63.0. The molecule has 6 nitrogen and oxygen atoms in total. The van der Waals surface area contributed by atoms with Crippen LogP contribution in [0, 0.1) is 0 Å². The molecule has 4 heterocycles. The number of hydrogen-bond donors (Lipinski definition) is 0. The molecule has 13 rings (SSSR count). The van der Waals surface area contributed by atoms with E-state index in [2.05, 4.69) is 108 Å². The van der Waals surface area contributed by atoms with E-state index in [-0.39, 0.29) is 0 Å². The van der Waals surface area contributed by atoms with Crippen molar-refractivity contribution in [1.29, 1.82) is 0 Å². The average molecular weight is 755 g/mol. The fourth-order valence-corrected chi connectivity index (χ4v) is 9.27. The fourth-order valence-electron chi connectivity index (χ4n) is 9.27. The normalized spacial score (nSPS) is 12.1. The van der Waals surface area contributed by atoms with E-state index in [0.717, 1.165) is 110 Å². The molecule has 0 saturated heterocycles. The summed E-state index contributed by atoms with van der Waals surface area (Å²) in [6.45, 7) is 0. The molecule has 0 spiro atoms. The molecule has 0 fully saturated rings. The quantitative estimate of drug-likeness (QED) is 0.179. The van der Waals surface area contributed by atoms with E-state index in [1.54, 1.807) is 0 Å². The largest absolute Gasteiger partial charge is 0.456 e. The highest BCUT2D eigenvalue weighted by atomic mass is 16.3. The molecule has 274 valence electrons. The van der Waals surface area contributed by atoms with Crippen LogP contribution in [0.25, 0.3) is 127 Å². The number of hydrogen-bond acceptors (Lipinski definition) is 5. The third-order valence-corrected chi connectivity index (χ3v) is 11.8. The first-order valence-electron chi connectivity index (χ1n) is 19.8. The minimum atomic E-state index is 0.604. The lowest BCUT2D eigenvalue weighted by atomic mass is 9.95. The van der Waals surface area contributed by atoms with Crippen LogP contribution in [0.15, 0.2) is 191 Å². The molecule has 0 radical (unpaired) electrons. The molecule has 0 aliphatic heterocycles. The standard InChI is InChI=1S/C53H30N4O2/c1-3-15-31(16-4-1)51-54-52(32-17-5-2-6-18-32)56-53(55-51)40-30-34(29-33-19-7-8-20-35(33)40)57-41-24-12-9-21-36(41)48-49(57)39-27-28-44-45(37-22-10-13-25-42(37)58-44)46(39)47-38-23-11-14-26-43(38)59-50(47)48/h1-30H. The summed E-state index contributed by atoms with van der Waals surface area (Å²) in [5.74, 6) is 1.85. The Morgan fingerprint density at radius 1 is 0.373 bits per heavy atom. The Bertz CT molecular complexity index is 3790. The monoisotopic (exact) mass is 754 g/mol. The maximum atomic E-state index is 6.97. The van der Waals surface area contributed by atoms with Crippen LogP contribution >= 0.6 is 0 Å². The van der Waals surface area contributed by atoms with E-state index < -0.39 is 0 Å². The van der Waals surface area contributed by atoms with Gasteiger partial charge in [0, 0.05) is 60.1 Å². The van der Waals surface area contributed by atoms with Crippen molar-refractivity contribution in [2.45, 2.75) is 0 Å². The highest BCUT2D eigenvalue weighted by Crippen LogP contribution is 2.49. The number of rotatable bonds is 4. The summed E-state index contributed by atoms with van der Waals surface area (Å²) >= 11 is 0. The molecule has 9 aromatic carbocycles. The molecule has 0 atom stereocenters. The molecule has 0 aliphatic carbocycles. The molecule has 0 aliphatic rings. The minimum absolute atomic E-state index is 0.604. The van der Waals surface area contributed by atoms with Gasteiger partial charge in [-0.2, -0.15) is 0 Å². The number of furan rings is 2. The van der Waals surface area contributed by atoms with Gasteiger partial charge in [0.15, 0.2) is 17.5 Å². The number of para-hydroxylation sites is 3. The van der Waals surface area contributed by atoms with Crippen molar-refractivity contribution in [1.82, 2.24) is 19.5 Å². The smallest absolute Gasteiger partial charge is 0.164 e. The van der Waals surface area contributed by atoms with Crippen LogP contribution < -0.4 is 0 Å². The summed E-state index contributed by atoms with van der Waals surface area (Å²) in [6.07, 6.45) is 0. The van der Waals surface area contributed by atoms with Crippen LogP contribution in [-0.2, 0) is 0 Å². The molecule has 4 aromatic heterocycles. The van der Waals surface area contributed by atoms with E-state index in [1.165, 1.54) is 0 Å². The zero-order chi connectivity index (χ0) is 38.6. The predicted octanol–water partition coefficient (Wildman–Crippen LogP) is 14.1. The Balaban J connectivity index is 1.19. The van der Waals surface area contributed by atoms with E-state index in [4.69, 9.17) is 23.8 Å². The molecule has 0 N–H and O–H groups in total. The first-order chi connectivity index (χ1) is 29.3. The van der Waals surface area contributed by atoms with Crippen LogP contribution in [0.5, 0.6) is 0 Å². The number of fused-ring (bicyclic) bond motifs is 15. The van der Waals surface area contributed by atoms with Gasteiger partial charge in [0.1, 0.15) is 22.3 Å². The maximum Gasteiger partial charge on any atom is 0.164 e. The average Bonchev–Trinajstić information content (AvgIpc) is 3.99. The molecular formula is C53H30N4O2. The molecule has 0 bridgehead atoms. The Morgan fingerprint density at radius 3 is 1.68 bits per heavy atom. The van der Waals surface area contributed by atoms with Crippen molar-refractivity contribution < 1.29 is 8.83 Å². The fraction of sp³-hybridized carbons (Fsp3) is 0. The Labute approximate surface area is 336 Å². The Kier molecular flexibility index (Phi) is 6.63. The van der Waals surface area contributed by atoms with Crippen molar-refractivity contribution in [2.75, 3.05) is 0 Å². The Morgan fingerprint density at radius 2 is 0.949 bits per heavy atom. The molecular weight excluding hydrogens is 725 g/mol. The highest BCUT2D eigenvalue weighted by molar-refractivity contribution is 6.40. The predicted molar refractivity (Wildman–Crippen MR) is 240 cm³/mol. The SMILES string of the molecule is c1ccc(-c2nc(-c3ccccc3)nc(-c3cc(-n4c5ccccc5c5c6oc7ccccc7c6c6c(ccc7oc8ccccc8c76)c54)cc4ccccc34)n2)cc1. The number of nitrogens with zero attached hydrogens (tertiary/aromatic N) is 4. The number of benzene rings is 9. The third-order valence-electron chi connectivity index (χ3n) is 11.8. The molecule has 0 unspecified atom stereocenters. The zero-order valence-electron chi connectivity index (χ0n) is 31.4. The number of aromatic nitrogens is 4. The second kappa shape index (κ2) is 12.2. The van der Waals surface area contributed by atoms with Gasteiger partial charge >= 0.3 is 0 Å². The van der Waals surface area contributed by atoms with Crippen molar-refractivity contribution >= 4 is 87.2 Å². The van der Waals surface area contributed by atoms with Gasteiger partial charge in [0.05, 0.1) is 16.4 Å². The van der Waals surface area contributed by atoms with Gasteiger partial charge in [-0.1, -0.05) is 140 Å². The van der Waals surface area contributed by atoms with Gasteiger partial charge in [0.25, 0.3) is 0 Å². The van der Waals surface area contributed by atoms with Crippen LogP contribution in [0.2, 0.25) is 0 Å². The molecule has 0 saturated carbocycles. The van der Waals surface area contributed by atoms with Gasteiger partial charge in [0.2, 0.25) is 0 Å². The van der Waals surface area contributed by atoms with Crippen LogP contribution in [0.3, 0.4) is 0 Å². The molecule has 59 heavy (non-hydrogen) atoms. The van der Waals surface area contributed by atoms with E-state index in [9.17, 15) is 0 Å². The summed E-state index contributed by atoms with van der Waals surface area (Å²) in [5, 5.41) is 10.9. The van der Waals surface area contributed by atoms with Crippen LogP contribution in [0.4, 0.5) is 0 Å². The molecule has 6 heteroatoms. The summed E-state index contributed by atoms with van der Waals surface area (Å²) in [5.41, 5.74) is 9.30. The van der Waals surface area contributed by atoms with E-state index in [1.807, 2.05) is 78.9 Å². The summed E-state index contributed by atoms with van der Waals surface area (Å²) in [7, 11) is 0. The lowest BCUT2D eigenvalue weighted by molar-refractivity contribution is 0.669.